The maximum absolute atomic E-state index is 5.82. The fraction of sp³-hybridized carbons (Fsp3) is 1.00. The lowest BCUT2D eigenvalue weighted by Gasteiger charge is -2.34. The zero-order valence-electron chi connectivity index (χ0n) is 7.44. The molecule has 0 heterocycles. The molecule has 0 nitrogen and oxygen atoms in total. The smallest absolute Gasteiger partial charge is 0.0329 e. The molecule has 0 amide bonds. The lowest BCUT2D eigenvalue weighted by atomic mass is 9.86. The summed E-state index contributed by atoms with van der Waals surface area (Å²) in [7, 11) is 7.28. The first-order valence-electron chi connectivity index (χ1n) is 3.75. The van der Waals surface area contributed by atoms with Gasteiger partial charge >= 0.3 is 0 Å². The van der Waals surface area contributed by atoms with Crippen molar-refractivity contribution in [2.75, 3.05) is 0 Å². The van der Waals surface area contributed by atoms with E-state index < -0.39 is 0 Å². The third-order valence-corrected chi connectivity index (χ3v) is 4.73. The monoisotopic (exact) mass is 180 g/mol. The molecule has 0 radical (unpaired) electrons. The van der Waals surface area contributed by atoms with Crippen molar-refractivity contribution >= 4 is 21.7 Å². The summed E-state index contributed by atoms with van der Waals surface area (Å²) in [6, 6.07) is 0. The Morgan fingerprint density at radius 1 is 1.10 bits per heavy atom. The lowest BCUT2D eigenvalue weighted by molar-refractivity contribution is 0.363. The number of rotatable bonds is 3. The van der Waals surface area contributed by atoms with Crippen molar-refractivity contribution in [1.29, 1.82) is 0 Å². The van der Waals surface area contributed by atoms with Gasteiger partial charge in [0.05, 0.1) is 0 Å². The Kier molecular flexibility index (Phi) is 4.12. The van der Waals surface area contributed by atoms with Crippen molar-refractivity contribution in [3.63, 3.8) is 0 Å². The zero-order chi connectivity index (χ0) is 8.36. The normalized spacial score (nSPS) is 13.2. The van der Waals surface area contributed by atoms with Crippen LogP contribution in [0.25, 0.3) is 0 Å². The molecule has 0 fully saturated rings. The highest BCUT2D eigenvalue weighted by atomic mass is 35.7. The molecule has 0 bridgehead atoms. The first kappa shape index (κ1) is 10.6. The van der Waals surface area contributed by atoms with Crippen LogP contribution >= 0.6 is 21.7 Å². The van der Waals surface area contributed by atoms with E-state index in [9.17, 15) is 0 Å². The highest BCUT2D eigenvalue weighted by Crippen LogP contribution is 2.41. The Morgan fingerprint density at radius 2 is 1.40 bits per heavy atom. The summed E-state index contributed by atoms with van der Waals surface area (Å²) >= 11 is 0. The molecular weight excluding hydrogens is 164 g/mol. The Labute approximate surface area is 73.2 Å². The van der Waals surface area contributed by atoms with Gasteiger partial charge in [-0.2, -0.15) is 0 Å². The van der Waals surface area contributed by atoms with Crippen molar-refractivity contribution in [1.82, 2.24) is 0 Å². The van der Waals surface area contributed by atoms with E-state index in [1.807, 2.05) is 0 Å². The SMILES string of the molecule is CC(C)C(C)(SCl)C(C)C. The molecule has 0 atom stereocenters. The fourth-order valence-electron chi connectivity index (χ4n) is 0.845. The first-order chi connectivity index (χ1) is 4.45. The van der Waals surface area contributed by atoms with Crippen molar-refractivity contribution in [3.05, 3.63) is 0 Å². The van der Waals surface area contributed by atoms with Crippen molar-refractivity contribution in [3.8, 4) is 0 Å². The maximum atomic E-state index is 5.82. The van der Waals surface area contributed by atoms with E-state index in [1.165, 1.54) is 11.0 Å². The average molecular weight is 181 g/mol. The second-order valence-electron chi connectivity index (χ2n) is 3.57. The predicted molar refractivity (Wildman–Crippen MR) is 51.5 cm³/mol. The van der Waals surface area contributed by atoms with Crippen LogP contribution < -0.4 is 0 Å². The largest absolute Gasteiger partial charge is 0.0614 e. The molecule has 62 valence electrons. The molecule has 0 aliphatic heterocycles. The maximum Gasteiger partial charge on any atom is 0.0329 e. The molecule has 2 heteroatoms. The molecule has 0 rings (SSSR count). The molecule has 0 aromatic rings. The molecule has 0 aliphatic rings. The molecule has 0 saturated heterocycles. The quantitative estimate of drug-likeness (QED) is 0.634. The predicted octanol–water partition coefficient (Wildman–Crippen LogP) is 3.94. The third kappa shape index (κ3) is 2.06. The molecule has 0 unspecified atom stereocenters. The second kappa shape index (κ2) is 3.87. The lowest BCUT2D eigenvalue weighted by Crippen LogP contribution is -2.32. The minimum atomic E-state index is 0.224. The van der Waals surface area contributed by atoms with Crippen LogP contribution in [-0.2, 0) is 0 Å². The van der Waals surface area contributed by atoms with E-state index in [-0.39, 0.29) is 4.75 Å². The molecule has 0 aromatic carbocycles. The Bertz CT molecular complexity index is 91.4. The summed E-state index contributed by atoms with van der Waals surface area (Å²) in [5.74, 6) is 1.27. The van der Waals surface area contributed by atoms with E-state index in [2.05, 4.69) is 34.6 Å². The fourth-order valence-corrected chi connectivity index (χ4v) is 2.27. The Morgan fingerprint density at radius 3 is 1.40 bits per heavy atom. The first-order valence-corrected chi connectivity index (χ1v) is 5.39. The molecule has 0 aromatic heterocycles. The van der Waals surface area contributed by atoms with Gasteiger partial charge in [0.15, 0.2) is 0 Å². The molecule has 0 aliphatic carbocycles. The molecule has 0 spiro atoms. The zero-order valence-corrected chi connectivity index (χ0v) is 9.01. The van der Waals surface area contributed by atoms with Gasteiger partial charge in [-0.3, -0.25) is 0 Å². The van der Waals surface area contributed by atoms with Crippen LogP contribution in [-0.4, -0.2) is 4.75 Å². The standard InChI is InChI=1S/C8H17ClS/c1-6(2)8(5,10-9)7(3)4/h6-7H,1-5H3. The average Bonchev–Trinajstić information content (AvgIpc) is 1.85. The van der Waals surface area contributed by atoms with Crippen LogP contribution in [0, 0.1) is 11.8 Å². The molecule has 0 saturated carbocycles. The van der Waals surface area contributed by atoms with Gasteiger partial charge in [-0.1, -0.05) is 27.7 Å². The summed E-state index contributed by atoms with van der Waals surface area (Å²) in [6.45, 7) is 11.1. The summed E-state index contributed by atoms with van der Waals surface area (Å²) in [6.07, 6.45) is 0. The van der Waals surface area contributed by atoms with Gasteiger partial charge in [0.25, 0.3) is 0 Å². The Hall–Kier alpha value is 0.640. The highest BCUT2D eigenvalue weighted by Gasteiger charge is 2.31. The van der Waals surface area contributed by atoms with Crippen molar-refractivity contribution < 1.29 is 0 Å². The van der Waals surface area contributed by atoms with Crippen LogP contribution in [0.15, 0.2) is 0 Å². The van der Waals surface area contributed by atoms with Gasteiger partial charge in [-0.25, -0.2) is 0 Å². The van der Waals surface area contributed by atoms with E-state index >= 15 is 0 Å². The van der Waals surface area contributed by atoms with Gasteiger partial charge in [0.2, 0.25) is 0 Å². The Balaban J connectivity index is 4.23. The number of hydrogen-bond acceptors (Lipinski definition) is 1. The topological polar surface area (TPSA) is 0 Å². The number of hydrogen-bond donors (Lipinski definition) is 0. The minimum Gasteiger partial charge on any atom is -0.0614 e. The minimum absolute atomic E-state index is 0.224. The van der Waals surface area contributed by atoms with Crippen LogP contribution in [0.1, 0.15) is 34.6 Å². The summed E-state index contributed by atoms with van der Waals surface area (Å²) in [4.78, 5) is 0. The third-order valence-electron chi connectivity index (χ3n) is 2.46. The van der Waals surface area contributed by atoms with Gasteiger partial charge < -0.3 is 0 Å². The molecule has 10 heavy (non-hydrogen) atoms. The van der Waals surface area contributed by atoms with Crippen LogP contribution in [0.2, 0.25) is 0 Å². The van der Waals surface area contributed by atoms with Gasteiger partial charge in [0.1, 0.15) is 0 Å². The second-order valence-corrected chi connectivity index (χ2v) is 5.07. The van der Waals surface area contributed by atoms with Crippen LogP contribution in [0.5, 0.6) is 0 Å². The van der Waals surface area contributed by atoms with Crippen molar-refractivity contribution in [2.45, 2.75) is 39.4 Å². The molecular formula is C8H17ClS. The van der Waals surface area contributed by atoms with Gasteiger partial charge in [0, 0.05) is 4.75 Å². The van der Waals surface area contributed by atoms with E-state index in [4.69, 9.17) is 10.7 Å². The summed E-state index contributed by atoms with van der Waals surface area (Å²) in [5.41, 5.74) is 0. The van der Waals surface area contributed by atoms with E-state index in [0.717, 1.165) is 0 Å². The van der Waals surface area contributed by atoms with E-state index in [1.54, 1.807) is 0 Å². The van der Waals surface area contributed by atoms with Crippen LogP contribution in [0.4, 0.5) is 0 Å². The van der Waals surface area contributed by atoms with Gasteiger partial charge in [-0.05, 0) is 40.4 Å². The summed E-state index contributed by atoms with van der Waals surface area (Å²) < 4.78 is 0.224. The summed E-state index contributed by atoms with van der Waals surface area (Å²) in [5, 5.41) is 0. The highest BCUT2D eigenvalue weighted by molar-refractivity contribution is 8.22. The van der Waals surface area contributed by atoms with Gasteiger partial charge in [-0.15, -0.1) is 0 Å². The van der Waals surface area contributed by atoms with Crippen LogP contribution in [0.3, 0.4) is 0 Å². The van der Waals surface area contributed by atoms with E-state index in [0.29, 0.717) is 11.8 Å². The van der Waals surface area contributed by atoms with Crippen molar-refractivity contribution in [2.24, 2.45) is 11.8 Å². The molecule has 0 N–H and O–H groups in total. The number of halogens is 1.